The van der Waals surface area contributed by atoms with Gasteiger partial charge in [-0.1, -0.05) is 113 Å². The highest BCUT2D eigenvalue weighted by atomic mass is 32.2. The molecule has 2 heterocycles. The standard InChI is InChI=1S/C44H60N6O4SSi/c1-10-12-26-45-40-39-41(47-42(46-40)55-27-11-2)50(49-48-39)37-28-31(29-38(37)54-56(8,9)43(3,4)5)30-53-44(32-16-14-13-15-17-32,33-18-22-35(51-6)23-19-33)34-20-24-36(52-7)25-21-34/h13-25,31,37-38H,10-12,26-30H2,1-9H3,(H,45,46,47)/t31-,37+,38+/m1/s1. The summed E-state index contributed by atoms with van der Waals surface area (Å²) in [7, 11) is 1.19. The molecule has 0 aliphatic heterocycles. The number of hydrogen-bond donors (Lipinski definition) is 1. The van der Waals surface area contributed by atoms with Gasteiger partial charge in [-0.3, -0.25) is 0 Å². The Bertz CT molecular complexity index is 1960. The zero-order valence-corrected chi connectivity index (χ0v) is 36.5. The lowest BCUT2D eigenvalue weighted by molar-refractivity contribution is -0.00904. The number of benzene rings is 3. The van der Waals surface area contributed by atoms with Crippen molar-refractivity contribution in [3.8, 4) is 11.5 Å². The van der Waals surface area contributed by atoms with Crippen LogP contribution in [0.1, 0.15) is 89.5 Å². The van der Waals surface area contributed by atoms with Crippen molar-refractivity contribution in [1.29, 1.82) is 0 Å². The molecule has 1 aliphatic carbocycles. The number of ether oxygens (including phenoxy) is 3. The number of unbranched alkanes of at least 4 members (excludes halogenated alkanes) is 1. The Morgan fingerprint density at radius 2 is 1.45 bits per heavy atom. The second kappa shape index (κ2) is 18.1. The van der Waals surface area contributed by atoms with Crippen LogP contribution in [0.5, 0.6) is 11.5 Å². The van der Waals surface area contributed by atoms with E-state index < -0.39 is 13.9 Å². The van der Waals surface area contributed by atoms with Crippen molar-refractivity contribution in [3.05, 3.63) is 95.6 Å². The molecule has 3 atom stereocenters. The lowest BCUT2D eigenvalue weighted by atomic mass is 9.80. The normalized spacial score (nSPS) is 17.7. The molecule has 1 fully saturated rings. The summed E-state index contributed by atoms with van der Waals surface area (Å²) < 4.78 is 28.0. The van der Waals surface area contributed by atoms with E-state index in [1.807, 2.05) is 35.0 Å². The van der Waals surface area contributed by atoms with Crippen LogP contribution in [0.2, 0.25) is 18.1 Å². The maximum atomic E-state index is 7.45. The lowest BCUT2D eigenvalue weighted by Gasteiger charge is -2.39. The summed E-state index contributed by atoms with van der Waals surface area (Å²) in [5, 5.41) is 13.9. The van der Waals surface area contributed by atoms with Crippen molar-refractivity contribution in [1.82, 2.24) is 25.0 Å². The molecule has 0 bridgehead atoms. The van der Waals surface area contributed by atoms with Gasteiger partial charge in [0.2, 0.25) is 0 Å². The van der Waals surface area contributed by atoms with Crippen molar-refractivity contribution < 1.29 is 18.6 Å². The first-order valence-electron chi connectivity index (χ1n) is 20.1. The van der Waals surface area contributed by atoms with Gasteiger partial charge >= 0.3 is 0 Å². The average Bonchev–Trinajstić information content (AvgIpc) is 3.81. The molecule has 1 aliphatic rings. The molecule has 12 heteroatoms. The molecule has 0 saturated heterocycles. The maximum absolute atomic E-state index is 7.45. The summed E-state index contributed by atoms with van der Waals surface area (Å²) >= 11 is 1.68. The van der Waals surface area contributed by atoms with Crippen LogP contribution in [-0.2, 0) is 14.8 Å². The van der Waals surface area contributed by atoms with E-state index in [1.54, 1.807) is 26.0 Å². The molecule has 56 heavy (non-hydrogen) atoms. The third-order valence-electron chi connectivity index (χ3n) is 11.4. The zero-order valence-electron chi connectivity index (χ0n) is 34.7. The van der Waals surface area contributed by atoms with Crippen molar-refractivity contribution in [2.24, 2.45) is 5.92 Å². The highest BCUT2D eigenvalue weighted by Crippen LogP contribution is 2.47. The number of nitrogens with zero attached hydrogens (tertiary/aromatic N) is 5. The van der Waals surface area contributed by atoms with Crippen LogP contribution in [0.3, 0.4) is 0 Å². The fraction of sp³-hybridized carbons (Fsp3) is 0.500. The number of fused-ring (bicyclic) bond motifs is 1. The van der Waals surface area contributed by atoms with Gasteiger partial charge in [0.05, 0.1) is 33.0 Å². The fourth-order valence-corrected chi connectivity index (χ4v) is 9.32. The quantitative estimate of drug-likeness (QED) is 0.0303. The van der Waals surface area contributed by atoms with Gasteiger partial charge in [0.25, 0.3) is 0 Å². The Kier molecular flexibility index (Phi) is 13.5. The molecule has 10 nitrogen and oxygen atoms in total. The van der Waals surface area contributed by atoms with E-state index in [0.717, 1.165) is 89.2 Å². The van der Waals surface area contributed by atoms with Crippen LogP contribution in [-0.4, -0.2) is 72.5 Å². The number of thioether (sulfide) groups is 1. The number of methoxy groups -OCH3 is 2. The van der Waals surface area contributed by atoms with Crippen LogP contribution >= 0.6 is 11.8 Å². The molecule has 2 aromatic heterocycles. The Hall–Kier alpha value is -3.97. The maximum Gasteiger partial charge on any atom is 0.192 e. The summed E-state index contributed by atoms with van der Waals surface area (Å²) in [6, 6.07) is 26.9. The molecule has 5 aromatic rings. The minimum absolute atomic E-state index is 0.0320. The summed E-state index contributed by atoms with van der Waals surface area (Å²) in [6.07, 6.45) is 4.69. The number of rotatable bonds is 18. The van der Waals surface area contributed by atoms with Gasteiger partial charge in [-0.15, -0.1) is 5.10 Å². The van der Waals surface area contributed by atoms with E-state index in [4.69, 9.17) is 38.9 Å². The third-order valence-corrected chi connectivity index (χ3v) is 17.0. The first-order chi connectivity index (χ1) is 26.9. The molecule has 300 valence electrons. The second-order valence-corrected chi connectivity index (χ2v) is 22.1. The van der Waals surface area contributed by atoms with Gasteiger partial charge in [0.15, 0.2) is 30.5 Å². The Balaban J connectivity index is 1.41. The van der Waals surface area contributed by atoms with Gasteiger partial charge in [-0.25, -0.2) is 14.6 Å². The van der Waals surface area contributed by atoms with Crippen molar-refractivity contribution in [2.75, 3.05) is 38.4 Å². The van der Waals surface area contributed by atoms with E-state index >= 15 is 0 Å². The number of aromatic nitrogens is 5. The topological polar surface area (TPSA) is 105 Å². The second-order valence-electron chi connectivity index (χ2n) is 16.3. The number of anilines is 1. The zero-order chi connectivity index (χ0) is 39.9. The molecule has 0 unspecified atom stereocenters. The minimum Gasteiger partial charge on any atom is -0.497 e. The molecule has 0 radical (unpaired) electrons. The Morgan fingerprint density at radius 1 is 0.821 bits per heavy atom. The first kappa shape index (κ1) is 41.7. The molecule has 3 aromatic carbocycles. The summed E-state index contributed by atoms with van der Waals surface area (Å²) in [5.74, 6) is 3.43. The van der Waals surface area contributed by atoms with E-state index in [9.17, 15) is 0 Å². The van der Waals surface area contributed by atoms with E-state index in [0.29, 0.717) is 12.1 Å². The molecule has 0 amide bonds. The van der Waals surface area contributed by atoms with Crippen molar-refractivity contribution in [2.45, 2.75) is 108 Å². The van der Waals surface area contributed by atoms with Gasteiger partial charge in [-0.05, 0) is 90.7 Å². The number of hydrogen-bond acceptors (Lipinski definition) is 10. The van der Waals surface area contributed by atoms with Gasteiger partial charge in [-0.2, -0.15) is 0 Å². The third kappa shape index (κ3) is 8.93. The highest BCUT2D eigenvalue weighted by molar-refractivity contribution is 7.99. The van der Waals surface area contributed by atoms with Crippen LogP contribution in [0.25, 0.3) is 11.2 Å². The number of nitrogens with one attached hydrogen (secondary N) is 1. The first-order valence-corrected chi connectivity index (χ1v) is 24.0. The molecule has 0 spiro atoms. The van der Waals surface area contributed by atoms with Gasteiger partial charge in [0, 0.05) is 12.3 Å². The van der Waals surface area contributed by atoms with E-state index in [-0.39, 0.29) is 23.1 Å². The van der Waals surface area contributed by atoms with Crippen LogP contribution in [0, 0.1) is 5.92 Å². The summed E-state index contributed by atoms with van der Waals surface area (Å²) in [5.41, 5.74) is 3.61. The Labute approximate surface area is 338 Å². The summed E-state index contributed by atoms with van der Waals surface area (Å²) in [6.45, 7) is 17.2. The molecule has 1 N–H and O–H groups in total. The van der Waals surface area contributed by atoms with E-state index in [1.165, 1.54) is 0 Å². The van der Waals surface area contributed by atoms with Crippen LogP contribution in [0.15, 0.2) is 84.0 Å². The predicted octanol–water partition coefficient (Wildman–Crippen LogP) is 10.3. The minimum atomic E-state index is -2.19. The summed E-state index contributed by atoms with van der Waals surface area (Å²) in [4.78, 5) is 10.0. The Morgan fingerprint density at radius 3 is 2.02 bits per heavy atom. The average molecular weight is 797 g/mol. The largest absolute Gasteiger partial charge is 0.497 e. The molecule has 6 rings (SSSR count). The monoisotopic (exact) mass is 796 g/mol. The van der Waals surface area contributed by atoms with Crippen molar-refractivity contribution >= 4 is 37.1 Å². The van der Waals surface area contributed by atoms with Crippen LogP contribution < -0.4 is 14.8 Å². The predicted molar refractivity (Wildman–Crippen MR) is 230 cm³/mol. The highest BCUT2D eigenvalue weighted by Gasteiger charge is 2.47. The SMILES string of the molecule is CCCCNc1nc(SCCC)nc2c1nnn2[C@H]1C[C@@H](COC(c2ccccc2)(c2ccc(OC)cc2)c2ccc(OC)cc2)C[C@@H]1O[Si](C)(C)C(C)(C)C. The molecular weight excluding hydrogens is 737 g/mol. The molecule has 1 saturated carbocycles. The lowest BCUT2D eigenvalue weighted by Crippen LogP contribution is -2.45. The fourth-order valence-electron chi connectivity index (χ4n) is 7.27. The molecular formula is C44H60N6O4SSi. The van der Waals surface area contributed by atoms with Gasteiger partial charge < -0.3 is 24.0 Å². The van der Waals surface area contributed by atoms with Crippen LogP contribution in [0.4, 0.5) is 5.82 Å². The van der Waals surface area contributed by atoms with E-state index in [2.05, 4.69) is 102 Å². The van der Waals surface area contributed by atoms with Gasteiger partial charge in [0.1, 0.15) is 17.1 Å². The van der Waals surface area contributed by atoms with Crippen molar-refractivity contribution in [3.63, 3.8) is 0 Å². The smallest absolute Gasteiger partial charge is 0.192 e.